The number of nitrogens with zero attached hydrogens (tertiary/aromatic N) is 3. The first-order chi connectivity index (χ1) is 22.6. The van der Waals surface area contributed by atoms with Crippen molar-refractivity contribution in [2.75, 3.05) is 0 Å². The predicted molar refractivity (Wildman–Crippen MR) is 192 cm³/mol. The number of fused-ring (bicyclic) bond motifs is 10. The van der Waals surface area contributed by atoms with Crippen LogP contribution in [-0.4, -0.2) is 14.5 Å². The van der Waals surface area contributed by atoms with E-state index in [4.69, 9.17) is 9.97 Å². The van der Waals surface area contributed by atoms with Gasteiger partial charge in [-0.05, 0) is 74.1 Å². The zero-order chi connectivity index (χ0) is 30.6. The largest absolute Gasteiger partial charge is 0.278 e. The average molecular weight is 588 g/mol. The van der Waals surface area contributed by atoms with E-state index in [1.807, 2.05) is 0 Å². The van der Waals surface area contributed by atoms with Crippen molar-refractivity contribution in [1.29, 1.82) is 0 Å². The highest BCUT2D eigenvalue weighted by Gasteiger charge is 2.36. The highest BCUT2D eigenvalue weighted by molar-refractivity contribution is 6.13. The van der Waals surface area contributed by atoms with Gasteiger partial charge >= 0.3 is 0 Å². The van der Waals surface area contributed by atoms with Crippen molar-refractivity contribution < 1.29 is 0 Å². The smallest absolute Gasteiger partial charge is 0.235 e. The minimum atomic E-state index is -0.0236. The monoisotopic (exact) mass is 587 g/mol. The van der Waals surface area contributed by atoms with Crippen LogP contribution in [0.3, 0.4) is 0 Å². The van der Waals surface area contributed by atoms with Gasteiger partial charge in [0.2, 0.25) is 5.95 Å². The van der Waals surface area contributed by atoms with E-state index in [1.165, 1.54) is 54.6 Å². The molecule has 0 aliphatic heterocycles. The van der Waals surface area contributed by atoms with Crippen molar-refractivity contribution in [1.82, 2.24) is 14.5 Å². The van der Waals surface area contributed by atoms with Crippen LogP contribution in [0.15, 0.2) is 140 Å². The molecular weight excluding hydrogens is 558 g/mol. The van der Waals surface area contributed by atoms with Crippen LogP contribution in [-0.2, 0) is 5.41 Å². The quantitative estimate of drug-likeness (QED) is 0.201. The summed E-state index contributed by atoms with van der Waals surface area (Å²) in [5, 5.41) is 8.38. The number of aromatic nitrogens is 3. The van der Waals surface area contributed by atoms with E-state index in [0.29, 0.717) is 5.95 Å². The lowest BCUT2D eigenvalue weighted by Gasteiger charge is -2.21. The van der Waals surface area contributed by atoms with Gasteiger partial charge in [0, 0.05) is 27.1 Å². The maximum absolute atomic E-state index is 5.38. The summed E-state index contributed by atoms with van der Waals surface area (Å²) >= 11 is 0. The lowest BCUT2D eigenvalue weighted by Crippen LogP contribution is -2.14. The molecule has 1 aliphatic carbocycles. The third kappa shape index (κ3) is 3.43. The summed E-state index contributed by atoms with van der Waals surface area (Å²) in [5.74, 6) is 0.680. The molecule has 10 rings (SSSR count). The summed E-state index contributed by atoms with van der Waals surface area (Å²) in [7, 11) is 0. The molecule has 0 amide bonds. The van der Waals surface area contributed by atoms with E-state index in [9.17, 15) is 0 Å². The van der Waals surface area contributed by atoms with Crippen LogP contribution in [0.4, 0.5) is 0 Å². The van der Waals surface area contributed by atoms with Gasteiger partial charge in [-0.1, -0.05) is 123 Å². The normalized spacial score (nSPS) is 13.6. The number of benzene rings is 7. The summed E-state index contributed by atoms with van der Waals surface area (Å²) in [4.78, 5) is 10.6. The molecule has 46 heavy (non-hydrogen) atoms. The fourth-order valence-corrected chi connectivity index (χ4v) is 7.93. The average Bonchev–Trinajstić information content (AvgIpc) is 3.54. The second-order valence-electron chi connectivity index (χ2n) is 13.1. The lowest BCUT2D eigenvalue weighted by molar-refractivity contribution is 0.661. The molecule has 0 spiro atoms. The maximum Gasteiger partial charge on any atom is 0.235 e. The van der Waals surface area contributed by atoms with Crippen LogP contribution in [0.2, 0.25) is 0 Å². The molecule has 0 saturated carbocycles. The van der Waals surface area contributed by atoms with Gasteiger partial charge in [-0.3, -0.25) is 4.57 Å². The Hall–Kier alpha value is -5.80. The van der Waals surface area contributed by atoms with E-state index >= 15 is 0 Å². The van der Waals surface area contributed by atoms with Crippen molar-refractivity contribution in [2.45, 2.75) is 19.3 Å². The molecule has 1 aliphatic rings. The Labute approximate surface area is 266 Å². The minimum absolute atomic E-state index is 0.0236. The molecule has 216 valence electrons. The van der Waals surface area contributed by atoms with E-state index in [0.717, 1.165) is 33.2 Å². The molecule has 3 heteroatoms. The van der Waals surface area contributed by atoms with Crippen molar-refractivity contribution >= 4 is 54.3 Å². The van der Waals surface area contributed by atoms with Crippen molar-refractivity contribution in [3.05, 3.63) is 151 Å². The molecule has 0 unspecified atom stereocenters. The topological polar surface area (TPSA) is 30.7 Å². The van der Waals surface area contributed by atoms with Crippen LogP contribution in [0, 0.1) is 0 Å². The van der Waals surface area contributed by atoms with Crippen LogP contribution in [0.5, 0.6) is 0 Å². The highest BCUT2D eigenvalue weighted by Crippen LogP contribution is 2.51. The zero-order valence-corrected chi connectivity index (χ0v) is 25.6. The SMILES string of the molecule is CC1(C)c2ccccc2-c2c1ccc1cc(-c3nc(-n4c5ccccc5c5cc6ccccc6cc54)nc4ccccc34)ccc21. The van der Waals surface area contributed by atoms with Crippen LogP contribution in [0.25, 0.3) is 82.6 Å². The van der Waals surface area contributed by atoms with Gasteiger partial charge in [-0.25, -0.2) is 9.97 Å². The second kappa shape index (κ2) is 9.12. The number of para-hydroxylation sites is 2. The molecule has 0 saturated heterocycles. The Morgan fingerprint density at radius 3 is 2.13 bits per heavy atom. The summed E-state index contributed by atoms with van der Waals surface area (Å²) < 4.78 is 2.24. The minimum Gasteiger partial charge on any atom is -0.278 e. The van der Waals surface area contributed by atoms with Gasteiger partial charge in [0.15, 0.2) is 0 Å². The number of hydrogen-bond acceptors (Lipinski definition) is 2. The van der Waals surface area contributed by atoms with Gasteiger partial charge in [-0.2, -0.15) is 0 Å². The predicted octanol–water partition coefficient (Wildman–Crippen LogP) is 11.0. The van der Waals surface area contributed by atoms with E-state index in [1.54, 1.807) is 0 Å². The van der Waals surface area contributed by atoms with Crippen LogP contribution < -0.4 is 0 Å². The first-order valence-corrected chi connectivity index (χ1v) is 15.9. The molecule has 3 nitrogen and oxygen atoms in total. The third-order valence-corrected chi connectivity index (χ3v) is 10.2. The Kier molecular flexibility index (Phi) is 5.06. The van der Waals surface area contributed by atoms with Gasteiger partial charge in [0.1, 0.15) is 0 Å². The lowest BCUT2D eigenvalue weighted by atomic mass is 9.82. The Morgan fingerprint density at radius 2 is 1.24 bits per heavy atom. The molecule has 2 heterocycles. The Morgan fingerprint density at radius 1 is 0.500 bits per heavy atom. The van der Waals surface area contributed by atoms with Gasteiger partial charge in [0.25, 0.3) is 0 Å². The summed E-state index contributed by atoms with van der Waals surface area (Å²) in [6, 6.07) is 50.4. The van der Waals surface area contributed by atoms with Gasteiger partial charge < -0.3 is 0 Å². The van der Waals surface area contributed by atoms with Gasteiger partial charge in [-0.15, -0.1) is 0 Å². The number of hydrogen-bond donors (Lipinski definition) is 0. The third-order valence-electron chi connectivity index (χ3n) is 10.2. The fraction of sp³-hybridized carbons (Fsp3) is 0.0698. The van der Waals surface area contributed by atoms with E-state index in [2.05, 4.69) is 158 Å². The van der Waals surface area contributed by atoms with Crippen molar-refractivity contribution in [2.24, 2.45) is 0 Å². The molecule has 7 aromatic carbocycles. The van der Waals surface area contributed by atoms with Crippen LogP contribution >= 0.6 is 0 Å². The molecule has 0 N–H and O–H groups in total. The summed E-state index contributed by atoms with van der Waals surface area (Å²) in [6.45, 7) is 4.67. The Balaban J connectivity index is 1.24. The standard InChI is InChI=1S/C43H29N3/c1-43(2)35-16-8-5-14-32(35)40-30-21-19-29(23-28(30)20-22-36(40)43)41-33-15-6-9-17-37(33)44-42(45-41)46-38-18-10-7-13-31(38)34-24-26-11-3-4-12-27(26)25-39(34)46/h3-25H,1-2H3. The number of rotatable bonds is 2. The highest BCUT2D eigenvalue weighted by atomic mass is 15.2. The summed E-state index contributed by atoms with van der Waals surface area (Å²) in [5.41, 5.74) is 10.6. The first-order valence-electron chi connectivity index (χ1n) is 15.9. The van der Waals surface area contributed by atoms with Crippen molar-refractivity contribution in [3.63, 3.8) is 0 Å². The first kappa shape index (κ1) is 25.5. The Bertz CT molecular complexity index is 2730. The fourth-order valence-electron chi connectivity index (χ4n) is 7.93. The summed E-state index contributed by atoms with van der Waals surface area (Å²) in [6.07, 6.45) is 0. The van der Waals surface area contributed by atoms with Gasteiger partial charge in [0.05, 0.1) is 22.2 Å². The zero-order valence-electron chi connectivity index (χ0n) is 25.6. The molecule has 0 radical (unpaired) electrons. The molecule has 2 aromatic heterocycles. The maximum atomic E-state index is 5.38. The molecular formula is C43H29N3. The second-order valence-corrected chi connectivity index (χ2v) is 13.1. The molecule has 0 atom stereocenters. The van der Waals surface area contributed by atoms with Crippen LogP contribution in [0.1, 0.15) is 25.0 Å². The molecule has 0 bridgehead atoms. The van der Waals surface area contributed by atoms with E-state index in [-0.39, 0.29) is 5.41 Å². The molecule has 9 aromatic rings. The van der Waals surface area contributed by atoms with E-state index < -0.39 is 0 Å². The molecule has 0 fully saturated rings. The van der Waals surface area contributed by atoms with Crippen molar-refractivity contribution in [3.8, 4) is 28.3 Å².